The van der Waals surface area contributed by atoms with Crippen molar-refractivity contribution < 1.29 is 9.53 Å². The molecule has 1 heterocycles. The molecule has 0 bridgehead atoms. The monoisotopic (exact) mass is 242 g/mol. The molecule has 100 valence electrons. The van der Waals surface area contributed by atoms with Crippen LogP contribution >= 0.6 is 0 Å². The molecule has 0 radical (unpaired) electrons. The fourth-order valence-electron chi connectivity index (χ4n) is 2.35. The van der Waals surface area contributed by atoms with E-state index in [1.807, 2.05) is 0 Å². The van der Waals surface area contributed by atoms with Crippen molar-refractivity contribution in [1.29, 1.82) is 0 Å². The quantitative estimate of drug-likeness (QED) is 0.685. The summed E-state index contributed by atoms with van der Waals surface area (Å²) < 4.78 is 4.69. The summed E-state index contributed by atoms with van der Waals surface area (Å²) >= 11 is 0. The van der Waals surface area contributed by atoms with Crippen LogP contribution in [0.4, 0.5) is 0 Å². The normalized spacial score (nSPS) is 20.5. The van der Waals surface area contributed by atoms with E-state index in [4.69, 9.17) is 0 Å². The SMILES string of the molecule is CCCN(CCC(=O)OC)CC1CCCCN1. The molecule has 1 aliphatic rings. The molecule has 1 N–H and O–H groups in total. The summed E-state index contributed by atoms with van der Waals surface area (Å²) in [5, 5.41) is 3.55. The first-order chi connectivity index (χ1) is 8.26. The van der Waals surface area contributed by atoms with Crippen LogP contribution < -0.4 is 5.32 Å². The summed E-state index contributed by atoms with van der Waals surface area (Å²) in [6.45, 7) is 6.26. The van der Waals surface area contributed by atoms with E-state index < -0.39 is 0 Å². The van der Waals surface area contributed by atoms with Gasteiger partial charge in [0, 0.05) is 19.1 Å². The molecule has 17 heavy (non-hydrogen) atoms. The van der Waals surface area contributed by atoms with Gasteiger partial charge in [0.05, 0.1) is 13.5 Å². The molecule has 4 nitrogen and oxygen atoms in total. The first-order valence-corrected chi connectivity index (χ1v) is 6.78. The maximum absolute atomic E-state index is 11.1. The van der Waals surface area contributed by atoms with Crippen molar-refractivity contribution in [3.05, 3.63) is 0 Å². The topological polar surface area (TPSA) is 41.6 Å². The van der Waals surface area contributed by atoms with Crippen LogP contribution in [0.25, 0.3) is 0 Å². The maximum Gasteiger partial charge on any atom is 0.306 e. The summed E-state index contributed by atoms with van der Waals surface area (Å²) in [5.74, 6) is -0.109. The lowest BCUT2D eigenvalue weighted by molar-refractivity contribution is -0.141. The lowest BCUT2D eigenvalue weighted by Crippen LogP contribution is -2.44. The second kappa shape index (κ2) is 8.48. The summed E-state index contributed by atoms with van der Waals surface area (Å²) in [6, 6.07) is 0.605. The molecular weight excluding hydrogens is 216 g/mol. The summed E-state index contributed by atoms with van der Waals surface area (Å²) in [7, 11) is 1.45. The molecule has 0 aromatic carbocycles. The highest BCUT2D eigenvalue weighted by Crippen LogP contribution is 2.09. The van der Waals surface area contributed by atoms with Crippen molar-refractivity contribution in [3.63, 3.8) is 0 Å². The molecule has 1 rings (SSSR count). The molecule has 0 aromatic heterocycles. The Kier molecular flexibility index (Phi) is 7.21. The highest BCUT2D eigenvalue weighted by Gasteiger charge is 2.16. The van der Waals surface area contributed by atoms with Gasteiger partial charge in [0.1, 0.15) is 0 Å². The summed E-state index contributed by atoms with van der Waals surface area (Å²) in [6.07, 6.45) is 5.52. The Morgan fingerprint density at radius 2 is 2.24 bits per heavy atom. The van der Waals surface area contributed by atoms with Crippen molar-refractivity contribution in [1.82, 2.24) is 10.2 Å². The van der Waals surface area contributed by atoms with Gasteiger partial charge in [-0.3, -0.25) is 4.79 Å². The van der Waals surface area contributed by atoms with Crippen molar-refractivity contribution in [3.8, 4) is 0 Å². The van der Waals surface area contributed by atoms with Crippen molar-refractivity contribution >= 4 is 5.97 Å². The maximum atomic E-state index is 11.1. The van der Waals surface area contributed by atoms with Crippen LogP contribution in [0.3, 0.4) is 0 Å². The third-order valence-electron chi connectivity index (χ3n) is 3.29. The number of nitrogens with one attached hydrogen (secondary N) is 1. The van der Waals surface area contributed by atoms with E-state index in [9.17, 15) is 4.79 Å². The van der Waals surface area contributed by atoms with E-state index in [1.165, 1.54) is 26.4 Å². The number of hydrogen-bond donors (Lipinski definition) is 1. The molecule has 4 heteroatoms. The summed E-state index contributed by atoms with van der Waals surface area (Å²) in [5.41, 5.74) is 0. The van der Waals surface area contributed by atoms with Gasteiger partial charge in [0.15, 0.2) is 0 Å². The third kappa shape index (κ3) is 6.03. The number of carbonyl (C=O) groups is 1. The zero-order valence-electron chi connectivity index (χ0n) is 11.2. The number of methoxy groups -OCH3 is 1. The van der Waals surface area contributed by atoms with E-state index in [0.29, 0.717) is 12.5 Å². The van der Waals surface area contributed by atoms with Crippen LogP contribution in [0.1, 0.15) is 39.0 Å². The van der Waals surface area contributed by atoms with Gasteiger partial charge in [-0.05, 0) is 32.4 Å². The van der Waals surface area contributed by atoms with E-state index in [2.05, 4.69) is 21.9 Å². The smallest absolute Gasteiger partial charge is 0.306 e. The number of ether oxygens (including phenoxy) is 1. The van der Waals surface area contributed by atoms with Gasteiger partial charge >= 0.3 is 5.97 Å². The van der Waals surface area contributed by atoms with Gasteiger partial charge in [0.25, 0.3) is 0 Å². The molecule has 0 aliphatic carbocycles. The molecule has 1 saturated heterocycles. The third-order valence-corrected chi connectivity index (χ3v) is 3.29. The lowest BCUT2D eigenvalue weighted by atomic mass is 10.0. The second-order valence-electron chi connectivity index (χ2n) is 4.77. The number of carbonyl (C=O) groups excluding carboxylic acids is 1. The fourth-order valence-corrected chi connectivity index (χ4v) is 2.35. The minimum Gasteiger partial charge on any atom is -0.469 e. The molecular formula is C13H26N2O2. The molecule has 1 aliphatic heterocycles. The lowest BCUT2D eigenvalue weighted by Gasteiger charge is -2.30. The predicted octanol–water partition coefficient (Wildman–Crippen LogP) is 1.40. The molecule has 1 fully saturated rings. The van der Waals surface area contributed by atoms with Crippen LogP contribution in [0.15, 0.2) is 0 Å². The standard InChI is InChI=1S/C13H26N2O2/c1-3-9-15(10-7-13(16)17-2)11-12-6-4-5-8-14-12/h12,14H,3-11H2,1-2H3. The number of nitrogens with zero attached hydrogens (tertiary/aromatic N) is 1. The molecule has 1 atom stereocenters. The number of rotatable bonds is 7. The predicted molar refractivity (Wildman–Crippen MR) is 69.0 cm³/mol. The van der Waals surface area contributed by atoms with E-state index >= 15 is 0 Å². The highest BCUT2D eigenvalue weighted by molar-refractivity contribution is 5.69. The number of hydrogen-bond acceptors (Lipinski definition) is 4. The Balaban J connectivity index is 2.28. The van der Waals surface area contributed by atoms with E-state index in [0.717, 1.165) is 32.6 Å². The zero-order chi connectivity index (χ0) is 12.5. The van der Waals surface area contributed by atoms with Crippen LogP contribution in [0.2, 0.25) is 0 Å². The number of piperidine rings is 1. The van der Waals surface area contributed by atoms with Crippen LogP contribution in [0, 0.1) is 0 Å². The Hall–Kier alpha value is -0.610. The van der Waals surface area contributed by atoms with Gasteiger partial charge < -0.3 is 15.0 Å². The Morgan fingerprint density at radius 3 is 2.82 bits per heavy atom. The van der Waals surface area contributed by atoms with Crippen molar-refractivity contribution in [2.45, 2.75) is 45.1 Å². The van der Waals surface area contributed by atoms with E-state index in [1.54, 1.807) is 0 Å². The second-order valence-corrected chi connectivity index (χ2v) is 4.77. The van der Waals surface area contributed by atoms with Gasteiger partial charge in [-0.15, -0.1) is 0 Å². The van der Waals surface area contributed by atoms with E-state index in [-0.39, 0.29) is 5.97 Å². The van der Waals surface area contributed by atoms with Gasteiger partial charge in [-0.2, -0.15) is 0 Å². The molecule has 0 amide bonds. The Labute approximate surface area is 105 Å². The van der Waals surface area contributed by atoms with Gasteiger partial charge in [-0.25, -0.2) is 0 Å². The molecule has 0 saturated carbocycles. The van der Waals surface area contributed by atoms with Crippen LogP contribution in [-0.2, 0) is 9.53 Å². The van der Waals surface area contributed by atoms with Crippen molar-refractivity contribution in [2.24, 2.45) is 0 Å². The zero-order valence-corrected chi connectivity index (χ0v) is 11.2. The largest absolute Gasteiger partial charge is 0.469 e. The minimum atomic E-state index is -0.109. The number of esters is 1. The first-order valence-electron chi connectivity index (χ1n) is 6.78. The molecule has 1 unspecified atom stereocenters. The van der Waals surface area contributed by atoms with Crippen molar-refractivity contribution in [2.75, 3.05) is 33.3 Å². The Bertz CT molecular complexity index is 215. The van der Waals surface area contributed by atoms with Crippen LogP contribution in [-0.4, -0.2) is 50.2 Å². The van der Waals surface area contributed by atoms with Crippen LogP contribution in [0.5, 0.6) is 0 Å². The Morgan fingerprint density at radius 1 is 1.41 bits per heavy atom. The average molecular weight is 242 g/mol. The fraction of sp³-hybridized carbons (Fsp3) is 0.923. The summed E-state index contributed by atoms with van der Waals surface area (Å²) in [4.78, 5) is 13.5. The molecule has 0 aromatic rings. The minimum absolute atomic E-state index is 0.109. The molecule has 0 spiro atoms. The first kappa shape index (κ1) is 14.5. The van der Waals surface area contributed by atoms with Gasteiger partial charge in [-0.1, -0.05) is 13.3 Å². The highest BCUT2D eigenvalue weighted by atomic mass is 16.5. The average Bonchev–Trinajstić information content (AvgIpc) is 2.37. The van der Waals surface area contributed by atoms with Gasteiger partial charge in [0.2, 0.25) is 0 Å².